The van der Waals surface area contributed by atoms with Gasteiger partial charge >= 0.3 is 0 Å². The SMILES string of the molecule is O=C(c1ccccc1F)N1CCCn2c(CN3CCCCC3)nnc2C1. The van der Waals surface area contributed by atoms with Crippen molar-refractivity contribution in [3.8, 4) is 0 Å². The molecule has 26 heavy (non-hydrogen) atoms. The van der Waals surface area contributed by atoms with Crippen molar-refractivity contribution in [2.24, 2.45) is 0 Å². The third kappa shape index (κ3) is 3.49. The zero-order valence-electron chi connectivity index (χ0n) is 14.9. The van der Waals surface area contributed by atoms with Crippen molar-refractivity contribution in [2.75, 3.05) is 19.6 Å². The van der Waals surface area contributed by atoms with Gasteiger partial charge in [0.2, 0.25) is 0 Å². The number of benzene rings is 1. The smallest absolute Gasteiger partial charge is 0.257 e. The molecule has 1 saturated heterocycles. The number of hydrogen-bond acceptors (Lipinski definition) is 4. The van der Waals surface area contributed by atoms with E-state index in [-0.39, 0.29) is 11.5 Å². The van der Waals surface area contributed by atoms with Crippen LogP contribution in [0.15, 0.2) is 24.3 Å². The van der Waals surface area contributed by atoms with E-state index in [4.69, 9.17) is 0 Å². The van der Waals surface area contributed by atoms with Crippen molar-refractivity contribution in [1.29, 1.82) is 0 Å². The molecule has 0 atom stereocenters. The fourth-order valence-corrected chi connectivity index (χ4v) is 3.83. The van der Waals surface area contributed by atoms with E-state index >= 15 is 0 Å². The van der Waals surface area contributed by atoms with E-state index in [0.29, 0.717) is 13.1 Å². The van der Waals surface area contributed by atoms with Gasteiger partial charge in [-0.05, 0) is 44.5 Å². The summed E-state index contributed by atoms with van der Waals surface area (Å²) in [6.45, 7) is 4.81. The van der Waals surface area contributed by atoms with E-state index in [1.165, 1.54) is 31.4 Å². The fraction of sp³-hybridized carbons (Fsp3) is 0.526. The largest absolute Gasteiger partial charge is 0.331 e. The predicted molar refractivity (Wildman–Crippen MR) is 94.9 cm³/mol. The lowest BCUT2D eigenvalue weighted by Crippen LogP contribution is -2.31. The standard InChI is InChI=1S/C19H24FN5O/c20-16-8-3-2-7-15(16)19(26)24-11-6-12-25-17(21-22-18(25)14-24)13-23-9-4-1-5-10-23/h2-3,7-8H,1,4-6,9-14H2. The minimum absolute atomic E-state index is 0.119. The predicted octanol–water partition coefficient (Wildman–Crippen LogP) is 2.45. The zero-order valence-corrected chi connectivity index (χ0v) is 14.9. The summed E-state index contributed by atoms with van der Waals surface area (Å²) in [5.74, 6) is 1.01. The van der Waals surface area contributed by atoms with E-state index in [2.05, 4.69) is 19.7 Å². The first-order chi connectivity index (χ1) is 12.7. The maximum atomic E-state index is 14.0. The van der Waals surface area contributed by atoms with Crippen molar-refractivity contribution >= 4 is 5.91 Å². The summed E-state index contributed by atoms with van der Waals surface area (Å²) in [6, 6.07) is 6.14. The molecule has 0 radical (unpaired) electrons. The summed E-state index contributed by atoms with van der Waals surface area (Å²) >= 11 is 0. The molecule has 0 aliphatic carbocycles. The number of rotatable bonds is 3. The summed E-state index contributed by atoms with van der Waals surface area (Å²) in [5.41, 5.74) is 0.119. The zero-order chi connectivity index (χ0) is 17.9. The quantitative estimate of drug-likeness (QED) is 0.847. The van der Waals surface area contributed by atoms with Gasteiger partial charge in [-0.2, -0.15) is 0 Å². The number of piperidine rings is 1. The molecule has 0 N–H and O–H groups in total. The Hall–Kier alpha value is -2.28. The highest BCUT2D eigenvalue weighted by atomic mass is 19.1. The summed E-state index contributed by atoms with van der Waals surface area (Å²) < 4.78 is 16.1. The van der Waals surface area contributed by atoms with E-state index in [0.717, 1.165) is 44.2 Å². The molecular weight excluding hydrogens is 333 g/mol. The second-order valence-electron chi connectivity index (χ2n) is 7.08. The highest BCUT2D eigenvalue weighted by Gasteiger charge is 2.25. The number of likely N-dealkylation sites (tertiary alicyclic amines) is 1. The molecule has 0 bridgehead atoms. The van der Waals surface area contributed by atoms with Gasteiger partial charge < -0.3 is 9.47 Å². The van der Waals surface area contributed by atoms with Crippen LogP contribution < -0.4 is 0 Å². The second kappa shape index (κ2) is 7.53. The van der Waals surface area contributed by atoms with Crippen LogP contribution >= 0.6 is 0 Å². The lowest BCUT2D eigenvalue weighted by molar-refractivity contribution is 0.0739. The molecule has 2 aliphatic rings. The van der Waals surface area contributed by atoms with Crippen LogP contribution in [0.5, 0.6) is 0 Å². The van der Waals surface area contributed by atoms with Gasteiger partial charge in [0, 0.05) is 13.1 Å². The van der Waals surface area contributed by atoms with Gasteiger partial charge in [0.1, 0.15) is 11.6 Å². The molecule has 4 rings (SSSR count). The Morgan fingerprint density at radius 1 is 1.00 bits per heavy atom. The fourth-order valence-electron chi connectivity index (χ4n) is 3.83. The third-order valence-corrected chi connectivity index (χ3v) is 5.25. The molecule has 2 aliphatic heterocycles. The Labute approximate surface area is 152 Å². The molecule has 1 aromatic heterocycles. The van der Waals surface area contributed by atoms with Crippen LogP contribution in [0.1, 0.15) is 47.7 Å². The number of nitrogens with zero attached hydrogens (tertiary/aromatic N) is 5. The number of carbonyl (C=O) groups excluding carboxylic acids is 1. The van der Waals surface area contributed by atoms with Gasteiger partial charge in [0.25, 0.3) is 5.91 Å². The van der Waals surface area contributed by atoms with Gasteiger partial charge in [-0.3, -0.25) is 9.69 Å². The van der Waals surface area contributed by atoms with Crippen molar-refractivity contribution in [3.05, 3.63) is 47.3 Å². The van der Waals surface area contributed by atoms with E-state index in [9.17, 15) is 9.18 Å². The molecule has 1 fully saturated rings. The Kier molecular flexibility index (Phi) is 4.97. The summed E-state index contributed by atoms with van der Waals surface area (Å²) in [5, 5.41) is 8.71. The van der Waals surface area contributed by atoms with E-state index in [1.54, 1.807) is 17.0 Å². The van der Waals surface area contributed by atoms with Crippen molar-refractivity contribution in [3.63, 3.8) is 0 Å². The van der Waals surface area contributed by atoms with Crippen LogP contribution in [0.3, 0.4) is 0 Å². The van der Waals surface area contributed by atoms with Gasteiger partial charge in [-0.1, -0.05) is 18.6 Å². The molecule has 138 valence electrons. The van der Waals surface area contributed by atoms with Crippen LogP contribution in [-0.4, -0.2) is 50.1 Å². The van der Waals surface area contributed by atoms with Crippen LogP contribution in [0, 0.1) is 5.82 Å². The van der Waals surface area contributed by atoms with Crippen LogP contribution in [0.25, 0.3) is 0 Å². The molecule has 1 amide bonds. The number of fused-ring (bicyclic) bond motifs is 1. The summed E-state index contributed by atoms with van der Waals surface area (Å²) in [4.78, 5) is 16.8. The maximum absolute atomic E-state index is 14.0. The Bertz CT molecular complexity index is 784. The first-order valence-corrected chi connectivity index (χ1v) is 9.39. The molecule has 3 heterocycles. The Morgan fingerprint density at radius 3 is 2.62 bits per heavy atom. The number of aromatic nitrogens is 3. The topological polar surface area (TPSA) is 54.3 Å². The molecule has 0 spiro atoms. The van der Waals surface area contributed by atoms with Gasteiger partial charge in [0.05, 0.1) is 18.7 Å². The van der Waals surface area contributed by atoms with Crippen molar-refractivity contribution in [2.45, 2.75) is 45.3 Å². The highest BCUT2D eigenvalue weighted by molar-refractivity contribution is 5.94. The molecule has 6 nitrogen and oxygen atoms in total. The van der Waals surface area contributed by atoms with E-state index < -0.39 is 5.82 Å². The highest BCUT2D eigenvalue weighted by Crippen LogP contribution is 2.19. The molecular formula is C19H24FN5O. The van der Waals surface area contributed by atoms with Crippen molar-refractivity contribution < 1.29 is 9.18 Å². The van der Waals surface area contributed by atoms with Gasteiger partial charge in [-0.25, -0.2) is 4.39 Å². The number of hydrogen-bond donors (Lipinski definition) is 0. The lowest BCUT2D eigenvalue weighted by Gasteiger charge is -2.25. The minimum Gasteiger partial charge on any atom is -0.331 e. The number of halogens is 1. The Balaban J connectivity index is 1.50. The molecule has 0 saturated carbocycles. The average molecular weight is 357 g/mol. The summed E-state index contributed by atoms with van der Waals surface area (Å²) in [7, 11) is 0. The second-order valence-corrected chi connectivity index (χ2v) is 7.08. The molecule has 0 unspecified atom stereocenters. The summed E-state index contributed by atoms with van der Waals surface area (Å²) in [6.07, 6.45) is 4.61. The third-order valence-electron chi connectivity index (χ3n) is 5.25. The van der Waals surface area contributed by atoms with Crippen LogP contribution in [0.2, 0.25) is 0 Å². The normalized spacial score (nSPS) is 18.4. The molecule has 2 aromatic rings. The van der Waals surface area contributed by atoms with Gasteiger partial charge in [-0.15, -0.1) is 10.2 Å². The molecule has 1 aromatic carbocycles. The Morgan fingerprint density at radius 2 is 1.81 bits per heavy atom. The number of amides is 1. The molecule has 7 heteroatoms. The van der Waals surface area contributed by atoms with Crippen LogP contribution in [-0.2, 0) is 19.6 Å². The lowest BCUT2D eigenvalue weighted by atomic mass is 10.1. The van der Waals surface area contributed by atoms with Gasteiger partial charge in [0.15, 0.2) is 5.82 Å². The van der Waals surface area contributed by atoms with Crippen LogP contribution in [0.4, 0.5) is 4.39 Å². The maximum Gasteiger partial charge on any atom is 0.257 e. The average Bonchev–Trinajstić information content (AvgIpc) is 2.90. The number of carbonyl (C=O) groups is 1. The first kappa shape index (κ1) is 17.1. The van der Waals surface area contributed by atoms with Crippen molar-refractivity contribution in [1.82, 2.24) is 24.6 Å². The minimum atomic E-state index is -0.478. The first-order valence-electron chi connectivity index (χ1n) is 9.39. The van der Waals surface area contributed by atoms with E-state index in [1.807, 2.05) is 0 Å². The monoisotopic (exact) mass is 357 g/mol.